The molecule has 0 aliphatic carbocycles. The zero-order chi connectivity index (χ0) is 18.5. The van der Waals surface area contributed by atoms with Crippen LogP contribution in [0.1, 0.15) is 36.2 Å². The molecule has 0 aromatic heterocycles. The molecular formula is C21H24N2O2S. The Balaban J connectivity index is 1.81. The molecule has 2 amide bonds. The molecular weight excluding hydrogens is 344 g/mol. The van der Waals surface area contributed by atoms with Crippen LogP contribution in [0.25, 0.3) is 0 Å². The number of fused-ring (bicyclic) bond motifs is 1. The van der Waals surface area contributed by atoms with Gasteiger partial charge in [-0.1, -0.05) is 44.2 Å². The van der Waals surface area contributed by atoms with E-state index in [1.165, 1.54) is 11.8 Å². The maximum absolute atomic E-state index is 12.5. The maximum Gasteiger partial charge on any atom is 0.251 e. The third-order valence-electron chi connectivity index (χ3n) is 4.35. The van der Waals surface area contributed by atoms with E-state index in [2.05, 4.69) is 19.2 Å². The molecule has 0 fully saturated rings. The number of thioether (sulfide) groups is 1. The first-order valence-electron chi connectivity index (χ1n) is 8.94. The Morgan fingerprint density at radius 1 is 1.19 bits per heavy atom. The van der Waals surface area contributed by atoms with Crippen molar-refractivity contribution in [1.29, 1.82) is 0 Å². The lowest BCUT2D eigenvalue weighted by Gasteiger charge is -2.29. The minimum absolute atomic E-state index is 0.0729. The Morgan fingerprint density at radius 3 is 2.69 bits per heavy atom. The van der Waals surface area contributed by atoms with E-state index in [1.54, 1.807) is 4.90 Å². The van der Waals surface area contributed by atoms with Crippen molar-refractivity contribution in [2.45, 2.75) is 31.7 Å². The highest BCUT2D eigenvalue weighted by molar-refractivity contribution is 8.00. The van der Waals surface area contributed by atoms with E-state index >= 15 is 0 Å². The molecule has 0 atom stereocenters. The predicted octanol–water partition coefficient (Wildman–Crippen LogP) is 4.10. The molecule has 1 aliphatic heterocycles. The first-order valence-corrected chi connectivity index (χ1v) is 9.92. The van der Waals surface area contributed by atoms with Crippen molar-refractivity contribution in [1.82, 2.24) is 5.32 Å². The lowest BCUT2D eigenvalue weighted by atomic mass is 10.1. The van der Waals surface area contributed by atoms with Crippen molar-refractivity contribution in [2.24, 2.45) is 5.92 Å². The molecule has 4 nitrogen and oxygen atoms in total. The molecule has 26 heavy (non-hydrogen) atoms. The molecule has 1 N–H and O–H groups in total. The second-order valence-corrected chi connectivity index (χ2v) is 7.89. The highest BCUT2D eigenvalue weighted by Crippen LogP contribution is 2.36. The number of hydrogen-bond acceptors (Lipinski definition) is 3. The van der Waals surface area contributed by atoms with E-state index in [-0.39, 0.29) is 11.8 Å². The molecule has 5 heteroatoms. The molecule has 0 unspecified atom stereocenters. The number of carbonyl (C=O) groups is 2. The normalized spacial score (nSPS) is 13.7. The summed E-state index contributed by atoms with van der Waals surface area (Å²) in [6, 6.07) is 15.6. The second-order valence-electron chi connectivity index (χ2n) is 6.88. The van der Waals surface area contributed by atoms with Crippen LogP contribution in [0.15, 0.2) is 53.4 Å². The van der Waals surface area contributed by atoms with Gasteiger partial charge in [-0.3, -0.25) is 9.59 Å². The molecule has 0 saturated heterocycles. The summed E-state index contributed by atoms with van der Waals surface area (Å²) in [5, 5.41) is 2.96. The number of carbonyl (C=O) groups excluding carboxylic acids is 2. The highest BCUT2D eigenvalue weighted by atomic mass is 32.2. The van der Waals surface area contributed by atoms with Crippen molar-refractivity contribution in [3.63, 3.8) is 0 Å². The Hall–Kier alpha value is -2.27. The van der Waals surface area contributed by atoms with Crippen LogP contribution in [0, 0.1) is 5.92 Å². The van der Waals surface area contributed by atoms with Crippen LogP contribution in [0.4, 0.5) is 5.69 Å². The van der Waals surface area contributed by atoms with Crippen molar-refractivity contribution in [3.8, 4) is 0 Å². The van der Waals surface area contributed by atoms with E-state index in [1.807, 2.05) is 48.5 Å². The zero-order valence-corrected chi connectivity index (χ0v) is 16.0. The van der Waals surface area contributed by atoms with Gasteiger partial charge in [-0.25, -0.2) is 0 Å². The number of anilines is 1. The average molecular weight is 369 g/mol. The van der Waals surface area contributed by atoms with Gasteiger partial charge in [-0.05, 0) is 36.1 Å². The van der Waals surface area contributed by atoms with Gasteiger partial charge in [-0.15, -0.1) is 11.8 Å². The minimum Gasteiger partial charge on any atom is -0.352 e. The molecule has 3 rings (SSSR count). The van der Waals surface area contributed by atoms with Crippen molar-refractivity contribution in [2.75, 3.05) is 17.2 Å². The van der Waals surface area contributed by atoms with Gasteiger partial charge in [-0.2, -0.15) is 0 Å². The Morgan fingerprint density at radius 2 is 1.96 bits per heavy atom. The van der Waals surface area contributed by atoms with Crippen molar-refractivity contribution >= 4 is 29.3 Å². The molecule has 0 spiro atoms. The van der Waals surface area contributed by atoms with Crippen LogP contribution >= 0.6 is 11.8 Å². The largest absolute Gasteiger partial charge is 0.352 e. The fourth-order valence-corrected chi connectivity index (χ4v) is 3.78. The molecule has 0 radical (unpaired) electrons. The first-order chi connectivity index (χ1) is 12.5. The smallest absolute Gasteiger partial charge is 0.251 e. The number of rotatable bonds is 6. The second kappa shape index (κ2) is 8.41. The third kappa shape index (κ3) is 4.47. The molecule has 1 heterocycles. The lowest BCUT2D eigenvalue weighted by Crippen LogP contribution is -2.35. The van der Waals surface area contributed by atoms with Crippen LogP contribution < -0.4 is 10.2 Å². The summed E-state index contributed by atoms with van der Waals surface area (Å²) < 4.78 is 0. The van der Waals surface area contributed by atoms with Gasteiger partial charge < -0.3 is 10.2 Å². The standard InChI is InChI=1S/C21H24N2O2S/c1-15(2)10-11-22-21(25)17-8-9-19-18(12-17)23(20(24)14-26-19)13-16-6-4-3-5-7-16/h3-9,12,15H,10-11,13-14H2,1-2H3,(H,22,25). The number of hydrogen-bond donors (Lipinski definition) is 1. The minimum atomic E-state index is -0.0869. The molecule has 2 aromatic rings. The van der Waals surface area contributed by atoms with Crippen molar-refractivity contribution in [3.05, 3.63) is 59.7 Å². The van der Waals surface area contributed by atoms with E-state index in [4.69, 9.17) is 0 Å². The van der Waals surface area contributed by atoms with Crippen LogP contribution in [0.2, 0.25) is 0 Å². The van der Waals surface area contributed by atoms with Crippen LogP contribution in [0.3, 0.4) is 0 Å². The van der Waals surface area contributed by atoms with Crippen LogP contribution in [-0.4, -0.2) is 24.1 Å². The monoisotopic (exact) mass is 368 g/mol. The summed E-state index contributed by atoms with van der Waals surface area (Å²) in [4.78, 5) is 27.8. The SMILES string of the molecule is CC(C)CCNC(=O)c1ccc2c(c1)N(Cc1ccccc1)C(=O)CS2. The summed E-state index contributed by atoms with van der Waals surface area (Å²) in [5.74, 6) is 0.966. The van der Waals surface area contributed by atoms with Gasteiger partial charge in [0, 0.05) is 17.0 Å². The molecule has 0 bridgehead atoms. The molecule has 1 aliphatic rings. The van der Waals surface area contributed by atoms with Gasteiger partial charge in [0.05, 0.1) is 18.0 Å². The number of benzene rings is 2. The molecule has 0 saturated carbocycles. The third-order valence-corrected chi connectivity index (χ3v) is 5.40. The van der Waals surface area contributed by atoms with Gasteiger partial charge >= 0.3 is 0 Å². The van der Waals surface area contributed by atoms with E-state index in [0.29, 0.717) is 30.3 Å². The first kappa shape index (κ1) is 18.5. The number of nitrogens with one attached hydrogen (secondary N) is 1. The van der Waals surface area contributed by atoms with E-state index < -0.39 is 0 Å². The summed E-state index contributed by atoms with van der Waals surface area (Å²) in [6.07, 6.45) is 0.950. The van der Waals surface area contributed by atoms with Crippen molar-refractivity contribution < 1.29 is 9.59 Å². The van der Waals surface area contributed by atoms with E-state index in [9.17, 15) is 9.59 Å². The number of nitrogens with zero attached hydrogens (tertiary/aromatic N) is 1. The summed E-state index contributed by atoms with van der Waals surface area (Å²) >= 11 is 1.53. The Kier molecular flexibility index (Phi) is 5.99. The van der Waals surface area contributed by atoms with Crippen LogP contribution in [-0.2, 0) is 11.3 Å². The average Bonchev–Trinajstić information content (AvgIpc) is 2.64. The summed E-state index contributed by atoms with van der Waals surface area (Å²) in [6.45, 7) is 5.45. The topological polar surface area (TPSA) is 49.4 Å². The van der Waals surface area contributed by atoms with Gasteiger partial charge in [0.15, 0.2) is 0 Å². The fourth-order valence-electron chi connectivity index (χ4n) is 2.86. The van der Waals surface area contributed by atoms with Gasteiger partial charge in [0.2, 0.25) is 5.91 Å². The van der Waals surface area contributed by atoms with Gasteiger partial charge in [0.1, 0.15) is 0 Å². The Labute approximate surface area is 159 Å². The molecule has 2 aromatic carbocycles. The lowest BCUT2D eigenvalue weighted by molar-refractivity contribution is -0.116. The quantitative estimate of drug-likeness (QED) is 0.835. The predicted molar refractivity (Wildman–Crippen MR) is 107 cm³/mol. The van der Waals surface area contributed by atoms with E-state index in [0.717, 1.165) is 22.6 Å². The summed E-state index contributed by atoms with van der Waals surface area (Å²) in [5.41, 5.74) is 2.50. The highest BCUT2D eigenvalue weighted by Gasteiger charge is 2.25. The zero-order valence-electron chi connectivity index (χ0n) is 15.2. The summed E-state index contributed by atoms with van der Waals surface area (Å²) in [7, 11) is 0. The number of amides is 2. The Bertz CT molecular complexity index is 790. The molecule has 136 valence electrons. The maximum atomic E-state index is 12.5. The van der Waals surface area contributed by atoms with Gasteiger partial charge in [0.25, 0.3) is 5.91 Å². The fraction of sp³-hybridized carbons (Fsp3) is 0.333. The van der Waals surface area contributed by atoms with Crippen LogP contribution in [0.5, 0.6) is 0 Å².